The molecule has 1 heterocycles. The highest BCUT2D eigenvalue weighted by Gasteiger charge is 1.90. The lowest BCUT2D eigenvalue weighted by Crippen LogP contribution is -1.94. The van der Waals surface area contributed by atoms with E-state index in [0.717, 1.165) is 0 Å². The fourth-order valence-corrected chi connectivity index (χ4v) is 0.553. The van der Waals surface area contributed by atoms with Gasteiger partial charge in [-0.05, 0) is 0 Å². The van der Waals surface area contributed by atoms with Gasteiger partial charge in [-0.2, -0.15) is 0 Å². The van der Waals surface area contributed by atoms with Crippen molar-refractivity contribution in [3.05, 3.63) is 18.2 Å². The zero-order chi connectivity index (χ0) is 6.69. The van der Waals surface area contributed by atoms with Gasteiger partial charge in [-0.1, -0.05) is 5.16 Å². The Morgan fingerprint density at radius 3 is 3.11 bits per heavy atom. The molecule has 0 aliphatic carbocycles. The molecule has 0 unspecified atom stereocenters. The second-order valence-electron chi connectivity index (χ2n) is 1.64. The number of rotatable bonds is 1. The van der Waals surface area contributed by atoms with Crippen molar-refractivity contribution in [3.63, 3.8) is 0 Å². The Labute approximate surface area is 52.4 Å². The van der Waals surface area contributed by atoms with E-state index >= 15 is 0 Å². The largest absolute Gasteiger partial charge is 0.411 e. The lowest BCUT2D eigenvalue weighted by atomic mass is 10.7. The number of hydrogen-bond acceptors (Lipinski definition) is 3. The third kappa shape index (κ3) is 1.07. The molecule has 4 heteroatoms. The first-order chi connectivity index (χ1) is 4.34. The Bertz CT molecular complexity index is 216. The number of imidazole rings is 1. The maximum Gasteiger partial charge on any atom is 0.154 e. The molecule has 0 aliphatic heterocycles. The molecule has 48 valence electrons. The van der Waals surface area contributed by atoms with Crippen LogP contribution in [0.2, 0.25) is 0 Å². The molecule has 1 rings (SSSR count). The van der Waals surface area contributed by atoms with Crippen molar-refractivity contribution >= 4 is 6.21 Å². The average Bonchev–Trinajstić information content (AvgIpc) is 2.18. The predicted molar refractivity (Wildman–Crippen MR) is 32.6 cm³/mol. The molecule has 4 nitrogen and oxygen atoms in total. The van der Waals surface area contributed by atoms with Crippen LogP contribution in [0.1, 0.15) is 5.82 Å². The topological polar surface area (TPSA) is 50.4 Å². The summed E-state index contributed by atoms with van der Waals surface area (Å²) < 4.78 is 1.75. The fourth-order valence-electron chi connectivity index (χ4n) is 0.553. The van der Waals surface area contributed by atoms with E-state index in [0.29, 0.717) is 5.82 Å². The zero-order valence-electron chi connectivity index (χ0n) is 5.02. The van der Waals surface area contributed by atoms with Crippen LogP contribution in [-0.4, -0.2) is 21.0 Å². The SMILES string of the molecule is Cn1ccnc1C=NO. The van der Waals surface area contributed by atoms with Crippen molar-refractivity contribution in [2.75, 3.05) is 0 Å². The molecule has 0 radical (unpaired) electrons. The van der Waals surface area contributed by atoms with Gasteiger partial charge in [0.2, 0.25) is 0 Å². The summed E-state index contributed by atoms with van der Waals surface area (Å²) in [5.74, 6) is 0.637. The van der Waals surface area contributed by atoms with Crippen molar-refractivity contribution in [2.24, 2.45) is 12.2 Å². The van der Waals surface area contributed by atoms with Crippen LogP contribution in [0.25, 0.3) is 0 Å². The molecular weight excluding hydrogens is 118 g/mol. The zero-order valence-corrected chi connectivity index (χ0v) is 5.02. The molecule has 1 aromatic rings. The van der Waals surface area contributed by atoms with E-state index in [1.807, 2.05) is 7.05 Å². The van der Waals surface area contributed by atoms with Gasteiger partial charge in [-0.15, -0.1) is 0 Å². The quantitative estimate of drug-likeness (QED) is 0.332. The van der Waals surface area contributed by atoms with Crippen LogP contribution >= 0.6 is 0 Å². The highest BCUT2D eigenvalue weighted by atomic mass is 16.4. The maximum absolute atomic E-state index is 8.08. The molecule has 0 spiro atoms. The average molecular weight is 125 g/mol. The minimum atomic E-state index is 0.637. The summed E-state index contributed by atoms with van der Waals surface area (Å²) in [5, 5.41) is 10.9. The van der Waals surface area contributed by atoms with Crippen LogP contribution < -0.4 is 0 Å². The van der Waals surface area contributed by atoms with Gasteiger partial charge in [-0.25, -0.2) is 4.98 Å². The summed E-state index contributed by atoms with van der Waals surface area (Å²) in [7, 11) is 1.82. The van der Waals surface area contributed by atoms with Gasteiger partial charge in [0.05, 0.1) is 0 Å². The van der Waals surface area contributed by atoms with Gasteiger partial charge < -0.3 is 9.77 Å². The van der Waals surface area contributed by atoms with E-state index in [9.17, 15) is 0 Å². The van der Waals surface area contributed by atoms with Crippen molar-refractivity contribution < 1.29 is 5.21 Å². The molecule has 0 bridgehead atoms. The molecule has 9 heavy (non-hydrogen) atoms. The highest BCUT2D eigenvalue weighted by Crippen LogP contribution is 1.87. The van der Waals surface area contributed by atoms with Crippen LogP contribution in [-0.2, 0) is 7.05 Å². The summed E-state index contributed by atoms with van der Waals surface area (Å²) in [6, 6.07) is 0. The lowest BCUT2D eigenvalue weighted by Gasteiger charge is -1.88. The molecule has 0 fully saturated rings. The summed E-state index contributed by atoms with van der Waals surface area (Å²) in [5.41, 5.74) is 0. The van der Waals surface area contributed by atoms with Gasteiger partial charge in [-0.3, -0.25) is 0 Å². The first kappa shape index (κ1) is 5.81. The molecule has 0 amide bonds. The van der Waals surface area contributed by atoms with Gasteiger partial charge in [0.25, 0.3) is 0 Å². The molecular formula is C5H7N3O. The number of hydrogen-bond donors (Lipinski definition) is 1. The number of nitrogens with zero attached hydrogens (tertiary/aromatic N) is 3. The normalized spacial score (nSPS) is 10.8. The number of oxime groups is 1. The van der Waals surface area contributed by atoms with Gasteiger partial charge in [0.15, 0.2) is 5.82 Å². The van der Waals surface area contributed by atoms with E-state index in [4.69, 9.17) is 5.21 Å². The molecule has 0 saturated heterocycles. The van der Waals surface area contributed by atoms with Crippen LogP contribution in [0.4, 0.5) is 0 Å². The number of aromatic nitrogens is 2. The smallest absolute Gasteiger partial charge is 0.154 e. The second-order valence-corrected chi connectivity index (χ2v) is 1.64. The minimum absolute atomic E-state index is 0.637. The Balaban J connectivity index is 2.94. The monoisotopic (exact) mass is 125 g/mol. The third-order valence-corrected chi connectivity index (χ3v) is 1.03. The highest BCUT2D eigenvalue weighted by molar-refractivity contribution is 5.73. The van der Waals surface area contributed by atoms with Crippen molar-refractivity contribution in [1.29, 1.82) is 0 Å². The Morgan fingerprint density at radius 2 is 2.67 bits per heavy atom. The third-order valence-electron chi connectivity index (χ3n) is 1.03. The predicted octanol–water partition coefficient (Wildman–Crippen LogP) is 0.228. The Kier molecular flexibility index (Phi) is 1.48. The molecule has 0 aromatic carbocycles. The lowest BCUT2D eigenvalue weighted by molar-refractivity contribution is 0.321. The van der Waals surface area contributed by atoms with Gasteiger partial charge >= 0.3 is 0 Å². The fraction of sp³-hybridized carbons (Fsp3) is 0.200. The van der Waals surface area contributed by atoms with Crippen molar-refractivity contribution in [3.8, 4) is 0 Å². The van der Waals surface area contributed by atoms with E-state index in [1.54, 1.807) is 17.0 Å². The molecule has 1 aromatic heterocycles. The van der Waals surface area contributed by atoms with Gasteiger partial charge in [0, 0.05) is 19.4 Å². The Morgan fingerprint density at radius 1 is 1.89 bits per heavy atom. The van der Waals surface area contributed by atoms with Crippen LogP contribution in [0.5, 0.6) is 0 Å². The molecule has 0 atom stereocenters. The van der Waals surface area contributed by atoms with Crippen LogP contribution in [0.3, 0.4) is 0 Å². The summed E-state index contributed by atoms with van der Waals surface area (Å²) in [6.45, 7) is 0. The number of aryl methyl sites for hydroxylation is 1. The van der Waals surface area contributed by atoms with Crippen LogP contribution in [0, 0.1) is 0 Å². The van der Waals surface area contributed by atoms with E-state index in [2.05, 4.69) is 10.1 Å². The van der Waals surface area contributed by atoms with Gasteiger partial charge in [0.1, 0.15) is 6.21 Å². The van der Waals surface area contributed by atoms with Crippen LogP contribution in [0.15, 0.2) is 17.5 Å². The van der Waals surface area contributed by atoms with Crippen molar-refractivity contribution in [1.82, 2.24) is 9.55 Å². The van der Waals surface area contributed by atoms with E-state index in [1.165, 1.54) is 6.21 Å². The summed E-state index contributed by atoms with van der Waals surface area (Å²) >= 11 is 0. The minimum Gasteiger partial charge on any atom is -0.411 e. The first-order valence-corrected chi connectivity index (χ1v) is 2.49. The molecule has 1 N–H and O–H groups in total. The standard InChI is InChI=1S/C5H7N3O/c1-8-3-2-6-5(8)4-7-9/h2-4,9H,1H3. The summed E-state index contributed by atoms with van der Waals surface area (Å²) in [4.78, 5) is 3.86. The Hall–Kier alpha value is -1.32. The van der Waals surface area contributed by atoms with E-state index < -0.39 is 0 Å². The van der Waals surface area contributed by atoms with E-state index in [-0.39, 0.29) is 0 Å². The second kappa shape index (κ2) is 2.30. The van der Waals surface area contributed by atoms with Crippen molar-refractivity contribution in [2.45, 2.75) is 0 Å². The first-order valence-electron chi connectivity index (χ1n) is 2.49. The molecule has 0 aliphatic rings. The molecule has 0 saturated carbocycles. The summed E-state index contributed by atoms with van der Waals surface area (Å²) in [6.07, 6.45) is 4.69. The maximum atomic E-state index is 8.08.